The molecule has 32 heavy (non-hydrogen) atoms. The van der Waals surface area contributed by atoms with Crippen LogP contribution in [-0.2, 0) is 19.1 Å². The molecule has 1 heterocycles. The lowest BCUT2D eigenvalue weighted by atomic mass is 10.0. The summed E-state index contributed by atoms with van der Waals surface area (Å²) in [6.07, 6.45) is -1.12. The monoisotopic (exact) mass is 461 g/mol. The van der Waals surface area contributed by atoms with Crippen LogP contribution in [0.3, 0.4) is 0 Å². The minimum absolute atomic E-state index is 0.0735. The molecule has 1 fully saturated rings. The Morgan fingerprint density at radius 1 is 1.09 bits per heavy atom. The van der Waals surface area contributed by atoms with Gasteiger partial charge in [0, 0.05) is 36.5 Å². The highest BCUT2D eigenvalue weighted by atomic mass is 35.5. The summed E-state index contributed by atoms with van der Waals surface area (Å²) in [4.78, 5) is 50.8. The van der Waals surface area contributed by atoms with Gasteiger partial charge in [0.15, 0.2) is 6.10 Å². The lowest BCUT2D eigenvalue weighted by Gasteiger charge is -2.19. The number of methoxy groups -OCH3 is 1. The Morgan fingerprint density at radius 2 is 1.72 bits per heavy atom. The molecule has 9 heteroatoms. The van der Waals surface area contributed by atoms with Gasteiger partial charge < -0.3 is 14.4 Å². The number of ether oxygens (including phenoxy) is 2. The summed E-state index contributed by atoms with van der Waals surface area (Å²) in [5.74, 6) is -3.12. The van der Waals surface area contributed by atoms with Gasteiger partial charge >= 0.3 is 11.9 Å². The van der Waals surface area contributed by atoms with Gasteiger partial charge in [-0.25, -0.2) is 9.18 Å². The van der Waals surface area contributed by atoms with Crippen LogP contribution in [0, 0.1) is 11.7 Å². The number of esters is 2. The van der Waals surface area contributed by atoms with E-state index in [-0.39, 0.29) is 36.7 Å². The van der Waals surface area contributed by atoms with Gasteiger partial charge in [0.1, 0.15) is 5.82 Å². The molecule has 0 radical (unpaired) electrons. The van der Waals surface area contributed by atoms with Gasteiger partial charge in [0.2, 0.25) is 11.7 Å². The molecule has 168 valence electrons. The zero-order chi connectivity index (χ0) is 23.3. The van der Waals surface area contributed by atoms with E-state index in [0.717, 1.165) is 12.1 Å². The number of amides is 1. The van der Waals surface area contributed by atoms with E-state index in [1.54, 1.807) is 12.1 Å². The highest BCUT2D eigenvalue weighted by Gasteiger charge is 2.38. The Labute approximate surface area is 189 Å². The summed E-state index contributed by atoms with van der Waals surface area (Å²) in [5.41, 5.74) is 1.06. The van der Waals surface area contributed by atoms with Crippen molar-refractivity contribution in [1.82, 2.24) is 0 Å². The first-order valence-corrected chi connectivity index (χ1v) is 10.4. The number of hydrogen-bond acceptors (Lipinski definition) is 6. The molecule has 7 nitrogen and oxygen atoms in total. The van der Waals surface area contributed by atoms with Crippen LogP contribution in [-0.4, -0.2) is 49.3 Å². The molecule has 2 atom stereocenters. The number of halogens is 2. The number of carbonyl (C=O) groups excluding carboxylic acids is 4. The van der Waals surface area contributed by atoms with Crippen molar-refractivity contribution in [2.45, 2.75) is 18.9 Å². The number of nitrogens with zero attached hydrogens (tertiary/aromatic N) is 1. The van der Waals surface area contributed by atoms with Gasteiger partial charge in [-0.1, -0.05) is 0 Å². The van der Waals surface area contributed by atoms with Gasteiger partial charge in [-0.3, -0.25) is 14.4 Å². The van der Waals surface area contributed by atoms with Crippen molar-refractivity contribution in [2.75, 3.05) is 24.4 Å². The molecule has 0 aliphatic carbocycles. The average molecular weight is 462 g/mol. The van der Waals surface area contributed by atoms with Crippen LogP contribution in [0.1, 0.15) is 33.6 Å². The summed E-state index contributed by atoms with van der Waals surface area (Å²) in [6.45, 7) is 0.0770. The number of carbonyl (C=O) groups is 4. The van der Waals surface area contributed by atoms with Crippen molar-refractivity contribution in [2.24, 2.45) is 5.92 Å². The van der Waals surface area contributed by atoms with Crippen molar-refractivity contribution in [1.29, 1.82) is 0 Å². The normalized spacial score (nSPS) is 16.5. The van der Waals surface area contributed by atoms with Crippen LogP contribution < -0.4 is 4.90 Å². The molecular weight excluding hydrogens is 441 g/mol. The molecule has 1 aliphatic heterocycles. The van der Waals surface area contributed by atoms with E-state index in [1.807, 2.05) is 0 Å². The molecule has 0 bridgehead atoms. The second-order valence-electron chi connectivity index (χ2n) is 7.22. The Bertz CT molecular complexity index is 1010. The van der Waals surface area contributed by atoms with Crippen molar-refractivity contribution in [3.8, 4) is 0 Å². The smallest absolute Gasteiger partial charge is 0.337 e. The molecule has 3 rings (SSSR count). The summed E-state index contributed by atoms with van der Waals surface area (Å²) in [7, 11) is 1.27. The standard InChI is InChI=1S/C23H21ClFNO6/c1-31-22(29)15-4-8-18(9-5-15)26-13-16(12-20(26)27)23(30)32-19(10-11-24)21(28)14-2-6-17(25)7-3-14/h2-9,16,19H,10-13H2,1H3/t16-,19-/m0/s1. The largest absolute Gasteiger partial charge is 0.465 e. The number of alkyl halides is 1. The minimum atomic E-state index is -1.13. The van der Waals surface area contributed by atoms with E-state index in [2.05, 4.69) is 4.74 Å². The fourth-order valence-electron chi connectivity index (χ4n) is 3.39. The molecule has 0 aromatic heterocycles. The Kier molecular flexibility index (Phi) is 7.58. The maximum Gasteiger partial charge on any atom is 0.337 e. The number of Topliss-reactive ketones (excluding diaryl/α,β-unsaturated/α-hetero) is 1. The van der Waals surface area contributed by atoms with Crippen LogP contribution in [0.15, 0.2) is 48.5 Å². The summed E-state index contributed by atoms with van der Waals surface area (Å²) in [6, 6.07) is 11.1. The van der Waals surface area contributed by atoms with E-state index in [9.17, 15) is 23.6 Å². The lowest BCUT2D eigenvalue weighted by Crippen LogP contribution is -2.32. The zero-order valence-corrected chi connectivity index (χ0v) is 18.0. The lowest BCUT2D eigenvalue weighted by molar-refractivity contribution is -0.151. The van der Waals surface area contributed by atoms with Crippen LogP contribution in [0.4, 0.5) is 10.1 Å². The summed E-state index contributed by atoms with van der Waals surface area (Å²) in [5, 5.41) is 0. The second kappa shape index (κ2) is 10.4. The SMILES string of the molecule is COC(=O)c1ccc(N2C[C@@H](C(=O)O[C@@H](CCCl)C(=O)c3ccc(F)cc3)CC2=O)cc1. The van der Waals surface area contributed by atoms with Gasteiger partial charge in [-0.05, 0) is 48.5 Å². The molecule has 0 spiro atoms. The summed E-state index contributed by atoms with van der Waals surface area (Å²) < 4.78 is 23.2. The minimum Gasteiger partial charge on any atom is -0.465 e. The van der Waals surface area contributed by atoms with E-state index < -0.39 is 35.6 Å². The van der Waals surface area contributed by atoms with Crippen LogP contribution in [0.25, 0.3) is 0 Å². The van der Waals surface area contributed by atoms with Crippen molar-refractivity contribution >= 4 is 40.9 Å². The third-order valence-electron chi connectivity index (χ3n) is 5.11. The Hall–Kier alpha value is -3.26. The second-order valence-corrected chi connectivity index (χ2v) is 7.60. The molecule has 2 aromatic carbocycles. The first kappa shape index (κ1) is 23.4. The predicted molar refractivity (Wildman–Crippen MR) is 114 cm³/mol. The van der Waals surface area contributed by atoms with Gasteiger partial charge in [0.05, 0.1) is 18.6 Å². The fourth-order valence-corrected chi connectivity index (χ4v) is 3.59. The number of rotatable bonds is 8. The topological polar surface area (TPSA) is 90.0 Å². The highest BCUT2D eigenvalue weighted by molar-refractivity contribution is 6.18. The molecule has 2 aromatic rings. The first-order chi connectivity index (χ1) is 15.3. The summed E-state index contributed by atoms with van der Waals surface area (Å²) >= 11 is 5.77. The molecule has 1 saturated heterocycles. The van der Waals surface area contributed by atoms with E-state index >= 15 is 0 Å². The van der Waals surface area contributed by atoms with Gasteiger partial charge in [-0.2, -0.15) is 0 Å². The molecular formula is C23H21ClFNO6. The zero-order valence-electron chi connectivity index (χ0n) is 17.3. The fraction of sp³-hybridized carbons (Fsp3) is 0.304. The molecule has 1 aliphatic rings. The Morgan fingerprint density at radius 3 is 2.31 bits per heavy atom. The van der Waals surface area contributed by atoms with Crippen molar-refractivity contribution in [3.05, 3.63) is 65.5 Å². The first-order valence-electron chi connectivity index (χ1n) is 9.89. The van der Waals surface area contributed by atoms with Gasteiger partial charge in [0.25, 0.3) is 0 Å². The molecule has 0 saturated carbocycles. The molecule has 0 unspecified atom stereocenters. The predicted octanol–water partition coefficient (Wildman–Crippen LogP) is 3.39. The number of anilines is 1. The Balaban J connectivity index is 1.67. The number of benzene rings is 2. The maximum absolute atomic E-state index is 13.1. The van der Waals surface area contributed by atoms with Crippen LogP contribution in [0.5, 0.6) is 0 Å². The highest BCUT2D eigenvalue weighted by Crippen LogP contribution is 2.27. The molecule has 1 amide bonds. The average Bonchev–Trinajstić information content (AvgIpc) is 3.20. The third kappa shape index (κ3) is 5.31. The molecule has 0 N–H and O–H groups in total. The maximum atomic E-state index is 13.1. The third-order valence-corrected chi connectivity index (χ3v) is 5.33. The van der Waals surface area contributed by atoms with E-state index in [1.165, 1.54) is 36.3 Å². The van der Waals surface area contributed by atoms with Crippen LogP contribution >= 0.6 is 11.6 Å². The van der Waals surface area contributed by atoms with Crippen molar-refractivity contribution < 1.29 is 33.0 Å². The van der Waals surface area contributed by atoms with Crippen molar-refractivity contribution in [3.63, 3.8) is 0 Å². The quantitative estimate of drug-likeness (QED) is 0.340. The number of hydrogen-bond donors (Lipinski definition) is 0. The van der Waals surface area contributed by atoms with E-state index in [4.69, 9.17) is 16.3 Å². The van der Waals surface area contributed by atoms with E-state index in [0.29, 0.717) is 11.3 Å². The van der Waals surface area contributed by atoms with Crippen LogP contribution in [0.2, 0.25) is 0 Å². The van der Waals surface area contributed by atoms with Gasteiger partial charge in [-0.15, -0.1) is 11.6 Å². The number of ketones is 1.